The van der Waals surface area contributed by atoms with E-state index in [0.29, 0.717) is 16.9 Å². The van der Waals surface area contributed by atoms with Gasteiger partial charge in [0, 0.05) is 31.2 Å². The van der Waals surface area contributed by atoms with Gasteiger partial charge in [0.1, 0.15) is 0 Å². The first kappa shape index (κ1) is 16.7. The molecule has 0 saturated carbocycles. The average Bonchev–Trinajstić information content (AvgIpc) is 2.73. The van der Waals surface area contributed by atoms with Gasteiger partial charge in [-0.1, -0.05) is 36.4 Å². The largest absolute Gasteiger partial charge is 0.336 e. The fourth-order valence-corrected chi connectivity index (χ4v) is 3.82. The summed E-state index contributed by atoms with van der Waals surface area (Å²) < 4.78 is 1.65. The first-order valence-electron chi connectivity index (χ1n) is 9.46. The highest BCUT2D eigenvalue weighted by Gasteiger charge is 2.18. The highest BCUT2D eigenvalue weighted by atomic mass is 16.1. The summed E-state index contributed by atoms with van der Waals surface area (Å²) in [6.07, 6.45) is 4.43. The lowest BCUT2D eigenvalue weighted by Crippen LogP contribution is -2.31. The van der Waals surface area contributed by atoms with Gasteiger partial charge in [0.05, 0.1) is 10.9 Å². The smallest absolute Gasteiger partial charge is 0.266 e. The number of aromatic nitrogens is 3. The highest BCUT2D eigenvalue weighted by molar-refractivity contribution is 5.78. The Morgan fingerprint density at radius 1 is 1.00 bits per heavy atom. The normalized spacial score (nSPS) is 13.5. The second-order valence-corrected chi connectivity index (χ2v) is 7.24. The Morgan fingerprint density at radius 3 is 2.71 bits per heavy atom. The van der Waals surface area contributed by atoms with Gasteiger partial charge in [0.15, 0.2) is 0 Å². The van der Waals surface area contributed by atoms with E-state index < -0.39 is 0 Å². The molecule has 0 N–H and O–H groups in total. The quantitative estimate of drug-likeness (QED) is 0.542. The lowest BCUT2D eigenvalue weighted by atomic mass is 10.0. The van der Waals surface area contributed by atoms with Crippen LogP contribution in [0.4, 0.5) is 5.95 Å². The third-order valence-electron chi connectivity index (χ3n) is 5.33. The maximum absolute atomic E-state index is 13.0. The van der Waals surface area contributed by atoms with Gasteiger partial charge < -0.3 is 4.90 Å². The molecule has 5 nitrogen and oxygen atoms in total. The Labute approximate surface area is 162 Å². The molecular weight excluding hydrogens is 348 g/mol. The molecule has 138 valence electrons. The Bertz CT molecular complexity index is 1240. The number of hydrogen-bond donors (Lipinski definition) is 0. The number of aryl methyl sites for hydroxylation is 1. The number of anilines is 1. The van der Waals surface area contributed by atoms with Crippen molar-refractivity contribution in [2.24, 2.45) is 0 Å². The summed E-state index contributed by atoms with van der Waals surface area (Å²) in [5, 5.41) is 0.533. The van der Waals surface area contributed by atoms with Crippen molar-refractivity contribution in [1.82, 2.24) is 14.5 Å². The fourth-order valence-electron chi connectivity index (χ4n) is 3.82. The van der Waals surface area contributed by atoms with Crippen molar-refractivity contribution in [2.45, 2.75) is 19.9 Å². The first-order valence-corrected chi connectivity index (χ1v) is 9.46. The molecule has 0 saturated heterocycles. The van der Waals surface area contributed by atoms with Gasteiger partial charge in [-0.15, -0.1) is 0 Å². The molecule has 1 aliphatic heterocycles. The van der Waals surface area contributed by atoms with Crippen LogP contribution in [0.2, 0.25) is 0 Å². The van der Waals surface area contributed by atoms with E-state index in [1.807, 2.05) is 37.3 Å². The molecule has 2 aromatic carbocycles. The van der Waals surface area contributed by atoms with Crippen LogP contribution in [0, 0.1) is 6.92 Å². The van der Waals surface area contributed by atoms with Crippen molar-refractivity contribution in [2.75, 3.05) is 11.4 Å². The standard InChI is InChI=1S/C23H20N4O/c1-16-5-4-8-19(13-16)27-12-10-21-20(22(27)28)14-24-23(25-21)26-11-9-17-6-2-3-7-18(17)15-26/h2-8,10,12-14H,9,11,15H2,1H3. The zero-order chi connectivity index (χ0) is 19.1. The van der Waals surface area contributed by atoms with Crippen molar-refractivity contribution >= 4 is 16.9 Å². The van der Waals surface area contributed by atoms with Crippen LogP contribution < -0.4 is 10.5 Å². The van der Waals surface area contributed by atoms with Crippen molar-refractivity contribution in [3.63, 3.8) is 0 Å². The number of rotatable bonds is 2. The highest BCUT2D eigenvalue weighted by Crippen LogP contribution is 2.22. The van der Waals surface area contributed by atoms with Crippen LogP contribution >= 0.6 is 0 Å². The summed E-state index contributed by atoms with van der Waals surface area (Å²) in [4.78, 5) is 24.3. The van der Waals surface area contributed by atoms with Crippen LogP contribution in [0.1, 0.15) is 16.7 Å². The SMILES string of the molecule is Cc1cccc(-n2ccc3nc(N4CCc5ccccc5C4)ncc3c2=O)c1. The van der Waals surface area contributed by atoms with Gasteiger partial charge >= 0.3 is 0 Å². The lowest BCUT2D eigenvalue weighted by Gasteiger charge is -2.28. The Hall–Kier alpha value is -3.47. The zero-order valence-corrected chi connectivity index (χ0v) is 15.7. The molecule has 0 unspecified atom stereocenters. The Balaban J connectivity index is 1.53. The average molecular weight is 368 g/mol. The molecule has 0 bridgehead atoms. The maximum Gasteiger partial charge on any atom is 0.266 e. The molecule has 5 rings (SSSR count). The van der Waals surface area contributed by atoms with E-state index in [9.17, 15) is 4.79 Å². The molecule has 0 aliphatic carbocycles. The van der Waals surface area contributed by atoms with Gasteiger partial charge in [-0.3, -0.25) is 9.36 Å². The van der Waals surface area contributed by atoms with Gasteiger partial charge in [-0.2, -0.15) is 0 Å². The van der Waals surface area contributed by atoms with E-state index in [1.165, 1.54) is 11.1 Å². The number of hydrogen-bond acceptors (Lipinski definition) is 4. The number of fused-ring (bicyclic) bond motifs is 2. The summed E-state index contributed by atoms with van der Waals surface area (Å²) in [5.74, 6) is 0.676. The summed E-state index contributed by atoms with van der Waals surface area (Å²) in [7, 11) is 0. The van der Waals surface area contributed by atoms with E-state index in [0.717, 1.165) is 30.8 Å². The summed E-state index contributed by atoms with van der Waals surface area (Å²) in [6.45, 7) is 3.69. The molecule has 0 spiro atoms. The second kappa shape index (κ2) is 6.60. The molecule has 0 atom stereocenters. The summed E-state index contributed by atoms with van der Waals surface area (Å²) in [6, 6.07) is 18.3. The van der Waals surface area contributed by atoms with Crippen LogP contribution in [0.15, 0.2) is 71.8 Å². The van der Waals surface area contributed by atoms with Crippen molar-refractivity contribution < 1.29 is 0 Å². The van der Waals surface area contributed by atoms with Crippen molar-refractivity contribution in [1.29, 1.82) is 0 Å². The minimum absolute atomic E-state index is 0.0985. The minimum atomic E-state index is -0.0985. The zero-order valence-electron chi connectivity index (χ0n) is 15.7. The lowest BCUT2D eigenvalue weighted by molar-refractivity contribution is 0.710. The topological polar surface area (TPSA) is 51.0 Å². The maximum atomic E-state index is 13.0. The molecule has 28 heavy (non-hydrogen) atoms. The van der Waals surface area contributed by atoms with Crippen molar-refractivity contribution in [3.05, 3.63) is 94.0 Å². The molecule has 0 amide bonds. The second-order valence-electron chi connectivity index (χ2n) is 7.24. The van der Waals surface area contributed by atoms with Gasteiger partial charge in [-0.05, 0) is 48.2 Å². The van der Waals surface area contributed by atoms with E-state index >= 15 is 0 Å². The molecule has 4 aromatic rings. The molecule has 0 fully saturated rings. The first-order chi connectivity index (χ1) is 13.7. The van der Waals surface area contributed by atoms with E-state index in [2.05, 4.69) is 39.1 Å². The molecule has 1 aliphatic rings. The Kier molecular flexibility index (Phi) is 3.93. The monoisotopic (exact) mass is 368 g/mol. The van der Waals surface area contributed by atoms with Crippen LogP contribution in [0.5, 0.6) is 0 Å². The minimum Gasteiger partial charge on any atom is -0.336 e. The predicted octanol–water partition coefficient (Wildman–Crippen LogP) is 3.65. The molecule has 3 heterocycles. The fraction of sp³-hybridized carbons (Fsp3) is 0.174. The number of pyridine rings is 1. The third-order valence-corrected chi connectivity index (χ3v) is 5.33. The van der Waals surface area contributed by atoms with E-state index in [4.69, 9.17) is 0 Å². The Morgan fingerprint density at radius 2 is 1.86 bits per heavy atom. The van der Waals surface area contributed by atoms with Crippen LogP contribution in [-0.4, -0.2) is 21.1 Å². The summed E-state index contributed by atoms with van der Waals surface area (Å²) >= 11 is 0. The molecule has 5 heteroatoms. The van der Waals surface area contributed by atoms with E-state index in [1.54, 1.807) is 17.0 Å². The van der Waals surface area contributed by atoms with Crippen molar-refractivity contribution in [3.8, 4) is 5.69 Å². The molecule has 0 radical (unpaired) electrons. The van der Waals surface area contributed by atoms with Crippen LogP contribution in [-0.2, 0) is 13.0 Å². The van der Waals surface area contributed by atoms with Crippen LogP contribution in [0.3, 0.4) is 0 Å². The van der Waals surface area contributed by atoms with Crippen LogP contribution in [0.25, 0.3) is 16.6 Å². The molecular formula is C23H20N4O. The molecule has 2 aromatic heterocycles. The van der Waals surface area contributed by atoms with E-state index in [-0.39, 0.29) is 5.56 Å². The summed E-state index contributed by atoms with van der Waals surface area (Å²) in [5.41, 5.74) is 5.24. The number of nitrogens with zero attached hydrogens (tertiary/aromatic N) is 4. The van der Waals surface area contributed by atoms with Gasteiger partial charge in [0.2, 0.25) is 5.95 Å². The predicted molar refractivity (Wildman–Crippen MR) is 111 cm³/mol. The van der Waals surface area contributed by atoms with Gasteiger partial charge in [0.25, 0.3) is 5.56 Å². The van der Waals surface area contributed by atoms with Gasteiger partial charge in [-0.25, -0.2) is 9.97 Å². The third kappa shape index (κ3) is 2.85. The number of benzene rings is 2.